The molecule has 0 aliphatic carbocycles. The molecule has 2 aromatic rings. The highest BCUT2D eigenvalue weighted by Crippen LogP contribution is 2.36. The van der Waals surface area contributed by atoms with Crippen LogP contribution in [0, 0.1) is 22.0 Å². The van der Waals surface area contributed by atoms with Crippen LogP contribution in [-0.2, 0) is 37.0 Å². The van der Waals surface area contributed by atoms with E-state index in [1.807, 2.05) is 12.1 Å². The summed E-state index contributed by atoms with van der Waals surface area (Å²) in [6.45, 7) is 8.66. The van der Waals surface area contributed by atoms with E-state index < -0.39 is 5.09 Å². The monoisotopic (exact) mass is 587 g/mol. The molecule has 1 N–H and O–H groups in total. The van der Waals surface area contributed by atoms with Crippen molar-refractivity contribution in [3.05, 3.63) is 69.3 Å². The highest BCUT2D eigenvalue weighted by molar-refractivity contribution is 5.61. The van der Waals surface area contributed by atoms with Crippen LogP contribution in [0.25, 0.3) is 0 Å². The highest BCUT2D eigenvalue weighted by atomic mass is 16.9. The molecule has 1 saturated heterocycles. The molecule has 2 aromatic carbocycles. The second-order valence-electron chi connectivity index (χ2n) is 11.1. The zero-order valence-electron chi connectivity index (χ0n) is 25.0. The van der Waals surface area contributed by atoms with Gasteiger partial charge >= 0.3 is 0 Å². The number of nitrogens with one attached hydrogen (secondary N) is 1. The zero-order chi connectivity index (χ0) is 29.7. The Morgan fingerprint density at radius 2 is 1.88 bits per heavy atom. The first-order valence-electron chi connectivity index (χ1n) is 14.7. The van der Waals surface area contributed by atoms with Gasteiger partial charge < -0.3 is 38.7 Å². The lowest BCUT2D eigenvalue weighted by Gasteiger charge is -2.38. The molecule has 1 fully saturated rings. The van der Waals surface area contributed by atoms with Gasteiger partial charge in [0.15, 0.2) is 0 Å². The lowest BCUT2D eigenvalue weighted by molar-refractivity contribution is -0.759. The summed E-state index contributed by atoms with van der Waals surface area (Å²) in [5.41, 5.74) is 4.26. The number of methoxy groups -OCH3 is 2. The molecule has 2 aliphatic rings. The Labute approximate surface area is 248 Å². The van der Waals surface area contributed by atoms with E-state index in [0.29, 0.717) is 58.6 Å². The summed E-state index contributed by atoms with van der Waals surface area (Å²) in [6.07, 6.45) is 0.749. The van der Waals surface area contributed by atoms with E-state index in [4.69, 9.17) is 28.5 Å². The van der Waals surface area contributed by atoms with E-state index in [1.165, 1.54) is 0 Å². The molecule has 4 atom stereocenters. The maximum Gasteiger partial charge on any atom is 0.294 e. The predicted molar refractivity (Wildman–Crippen MR) is 158 cm³/mol. The minimum absolute atomic E-state index is 0.000600. The van der Waals surface area contributed by atoms with Gasteiger partial charge in [0.2, 0.25) is 0 Å². The molecule has 232 valence electrons. The van der Waals surface area contributed by atoms with Crippen molar-refractivity contribution >= 4 is 5.69 Å². The van der Waals surface area contributed by atoms with Gasteiger partial charge in [0.1, 0.15) is 19.0 Å². The molecule has 2 heterocycles. The van der Waals surface area contributed by atoms with Crippen LogP contribution in [-0.4, -0.2) is 84.6 Å². The molecule has 0 radical (unpaired) electrons. The Morgan fingerprint density at radius 1 is 1.07 bits per heavy atom. The van der Waals surface area contributed by atoms with Crippen LogP contribution in [0.3, 0.4) is 0 Å². The third-order valence-electron chi connectivity index (χ3n) is 7.76. The van der Waals surface area contributed by atoms with Crippen molar-refractivity contribution in [2.75, 3.05) is 78.3 Å². The van der Waals surface area contributed by atoms with Gasteiger partial charge in [-0.25, -0.2) is 0 Å². The molecular formula is C31H45N3O8. The molecule has 0 saturated carbocycles. The molecule has 42 heavy (non-hydrogen) atoms. The SMILES string of the molecule is COCCCN1CCOc2ccc(CO[C@H]3CNC[C@@H](CO[N+](=O)[O-])[C@@H]3c3ccc(COC[C@@H](C)COC)cc3)cc21. The van der Waals surface area contributed by atoms with E-state index >= 15 is 0 Å². The Morgan fingerprint density at radius 3 is 2.64 bits per heavy atom. The van der Waals surface area contributed by atoms with E-state index in [1.54, 1.807) is 14.2 Å². The standard InChI is InChI=1S/C31H45N3O8/c1-23(18-38-3)19-39-20-24-5-8-26(9-6-24)31-27(22-42-34(35)36)16-32-17-30(31)41-21-25-7-10-29-28(15-25)33(12-14-40-29)11-4-13-37-2/h5-10,15,23,27,30-32H,4,11-14,16-22H2,1-3H3/t23-,27-,30-,31-/m0/s1. The van der Waals surface area contributed by atoms with Crippen molar-refractivity contribution in [1.82, 2.24) is 5.32 Å². The first-order valence-corrected chi connectivity index (χ1v) is 14.7. The van der Waals surface area contributed by atoms with Crippen molar-refractivity contribution in [1.29, 1.82) is 0 Å². The van der Waals surface area contributed by atoms with Crippen molar-refractivity contribution in [3.63, 3.8) is 0 Å². The van der Waals surface area contributed by atoms with Crippen molar-refractivity contribution in [2.24, 2.45) is 11.8 Å². The number of rotatable bonds is 17. The molecule has 0 spiro atoms. The highest BCUT2D eigenvalue weighted by Gasteiger charge is 2.36. The van der Waals surface area contributed by atoms with Crippen LogP contribution in [0.1, 0.15) is 36.0 Å². The lowest BCUT2D eigenvalue weighted by atomic mass is 9.79. The van der Waals surface area contributed by atoms with Gasteiger partial charge in [-0.15, -0.1) is 10.1 Å². The summed E-state index contributed by atoms with van der Waals surface area (Å²) in [6, 6.07) is 14.5. The van der Waals surface area contributed by atoms with E-state index in [0.717, 1.165) is 47.6 Å². The molecule has 4 rings (SSSR count). The number of hydrogen-bond donors (Lipinski definition) is 1. The number of benzene rings is 2. The maximum absolute atomic E-state index is 11.0. The van der Waals surface area contributed by atoms with Crippen LogP contribution in [0.4, 0.5) is 5.69 Å². The van der Waals surface area contributed by atoms with Gasteiger partial charge in [0, 0.05) is 58.2 Å². The van der Waals surface area contributed by atoms with Crippen molar-refractivity contribution in [2.45, 2.75) is 38.6 Å². The number of hydrogen-bond acceptors (Lipinski definition) is 10. The van der Waals surface area contributed by atoms with Gasteiger partial charge in [-0.3, -0.25) is 0 Å². The molecule has 11 nitrogen and oxygen atoms in total. The molecule has 0 aromatic heterocycles. The normalized spacial score (nSPS) is 20.9. The molecule has 11 heteroatoms. The second-order valence-corrected chi connectivity index (χ2v) is 11.1. The Hall–Kier alpha value is -2.96. The zero-order valence-corrected chi connectivity index (χ0v) is 25.0. The predicted octanol–water partition coefficient (Wildman–Crippen LogP) is 3.82. The summed E-state index contributed by atoms with van der Waals surface area (Å²) in [4.78, 5) is 18.2. The van der Waals surface area contributed by atoms with E-state index in [2.05, 4.69) is 47.5 Å². The first kappa shape index (κ1) is 32.0. The third kappa shape index (κ3) is 9.27. The maximum atomic E-state index is 11.0. The number of ether oxygens (including phenoxy) is 5. The average molecular weight is 588 g/mol. The first-order chi connectivity index (χ1) is 20.5. The number of nitrogens with zero attached hydrogens (tertiary/aromatic N) is 2. The van der Waals surface area contributed by atoms with Gasteiger partial charge in [0.05, 0.1) is 44.8 Å². The molecule has 0 amide bonds. The Balaban J connectivity index is 1.44. The summed E-state index contributed by atoms with van der Waals surface area (Å²) in [7, 11) is 3.41. The summed E-state index contributed by atoms with van der Waals surface area (Å²) >= 11 is 0. The average Bonchev–Trinajstić information content (AvgIpc) is 2.99. The van der Waals surface area contributed by atoms with Gasteiger partial charge in [-0.05, 0) is 35.2 Å². The summed E-state index contributed by atoms with van der Waals surface area (Å²) in [5, 5.41) is 13.7. The van der Waals surface area contributed by atoms with Crippen molar-refractivity contribution in [3.8, 4) is 5.75 Å². The Bertz CT molecular complexity index is 1100. The fourth-order valence-electron chi connectivity index (χ4n) is 5.73. The van der Waals surface area contributed by atoms with Crippen molar-refractivity contribution < 1.29 is 33.6 Å². The Kier molecular flexibility index (Phi) is 12.6. The number of piperidine rings is 1. The smallest absolute Gasteiger partial charge is 0.294 e. The topological polar surface area (TPSA) is 114 Å². The van der Waals surface area contributed by atoms with E-state index in [9.17, 15) is 10.1 Å². The van der Waals surface area contributed by atoms with Crippen LogP contribution >= 0.6 is 0 Å². The largest absolute Gasteiger partial charge is 0.490 e. The quantitative estimate of drug-likeness (QED) is 0.166. The molecule has 0 unspecified atom stereocenters. The van der Waals surface area contributed by atoms with Gasteiger partial charge in [-0.2, -0.15) is 0 Å². The number of fused-ring (bicyclic) bond motifs is 1. The lowest BCUT2D eigenvalue weighted by Crippen LogP contribution is -2.48. The fraction of sp³-hybridized carbons (Fsp3) is 0.613. The molecule has 2 aliphatic heterocycles. The fourth-order valence-corrected chi connectivity index (χ4v) is 5.73. The summed E-state index contributed by atoms with van der Waals surface area (Å²) < 4.78 is 28.7. The van der Waals surface area contributed by atoms with Crippen LogP contribution in [0.5, 0.6) is 5.75 Å². The third-order valence-corrected chi connectivity index (χ3v) is 7.76. The van der Waals surface area contributed by atoms with Gasteiger partial charge in [-0.1, -0.05) is 37.3 Å². The molecule has 0 bridgehead atoms. The van der Waals surface area contributed by atoms with Gasteiger partial charge in [0.25, 0.3) is 5.09 Å². The number of anilines is 1. The summed E-state index contributed by atoms with van der Waals surface area (Å²) in [5.74, 6) is 1.01. The minimum atomic E-state index is -0.722. The van der Waals surface area contributed by atoms with E-state index in [-0.39, 0.29) is 24.5 Å². The molecular weight excluding hydrogens is 542 g/mol. The van der Waals surface area contributed by atoms with Crippen LogP contribution in [0.15, 0.2) is 42.5 Å². The second kappa shape index (κ2) is 16.6. The van der Waals surface area contributed by atoms with Crippen LogP contribution < -0.4 is 15.0 Å². The minimum Gasteiger partial charge on any atom is -0.490 e. The van der Waals surface area contributed by atoms with Crippen LogP contribution in [0.2, 0.25) is 0 Å².